The molecule has 0 radical (unpaired) electrons. The molecule has 0 unspecified atom stereocenters. The van der Waals surface area contributed by atoms with Gasteiger partial charge in [-0.05, 0) is 151 Å². The third-order valence-electron chi connectivity index (χ3n) is 17.3. The van der Waals surface area contributed by atoms with Crippen LogP contribution in [0.1, 0.15) is 44.5 Å². The Labute approximate surface area is 531 Å². The summed E-state index contributed by atoms with van der Waals surface area (Å²) in [4.78, 5) is 3.52. The van der Waals surface area contributed by atoms with E-state index in [1.807, 2.05) is 218 Å². The molecule has 0 N–H and O–H groups in total. The minimum atomic E-state index is -4.76. The molecule has 1 aliphatic rings. The lowest BCUT2D eigenvalue weighted by Crippen LogP contribution is -2.18. The summed E-state index contributed by atoms with van der Waals surface area (Å²) in [5.41, 5.74) is 14.2. The number of nitrogens with zero attached hydrogens (tertiary/aromatic N) is 2. The fourth-order valence-corrected chi connectivity index (χ4v) is 13.3. The fraction of sp³-hybridized carbons (Fsp3) is 0.0476. The molecule has 2 nitrogen and oxygen atoms in total. The largest absolute Gasteiger partial charge is 0.418 e. The third-order valence-corrected chi connectivity index (χ3v) is 17.3. The van der Waals surface area contributed by atoms with Crippen molar-refractivity contribution in [2.45, 2.75) is 25.2 Å². The zero-order valence-corrected chi connectivity index (χ0v) is 49.8. The smallest absolute Gasteiger partial charge is 0.309 e. The summed E-state index contributed by atoms with van der Waals surface area (Å²) in [5.74, 6) is 0. The number of allylic oxidation sites excluding steroid dienone is 4. The van der Waals surface area contributed by atoms with Gasteiger partial charge >= 0.3 is 12.4 Å². The standard InChI is InChI=1S/C84H58F6N2/c85-83(86,87)73-45-23-27-49-77(73)91(75-47-25-21-41-66(75)57-29-7-1-8-30-57)65-51-52-68-63(53-65)54-71(59-33-11-3-12-34-59)81(61-37-15-5-16-38-61)82(62-39-17-6-18-40-62)72(60-35-13-4-14-36-60)55-64-56-79(69-43-19-20-44-70(69)80(64)68)92(78-50-28-24-46-74(78)84(88,89)90)76-48-26-22-42-67(76)58-31-9-2-10-32-58/h1-53,56H,54-55H2/b81-71+,82-72+. The van der Waals surface area contributed by atoms with Gasteiger partial charge in [0.1, 0.15) is 0 Å². The topological polar surface area (TPSA) is 6.48 Å². The lowest BCUT2D eigenvalue weighted by Gasteiger charge is -2.33. The zero-order valence-electron chi connectivity index (χ0n) is 49.8. The second-order valence-corrected chi connectivity index (χ2v) is 22.8. The predicted octanol–water partition coefficient (Wildman–Crippen LogP) is 24.1. The van der Waals surface area contributed by atoms with Gasteiger partial charge in [-0.2, -0.15) is 26.3 Å². The van der Waals surface area contributed by atoms with Crippen LogP contribution in [-0.2, 0) is 25.2 Å². The van der Waals surface area contributed by atoms with Crippen molar-refractivity contribution >= 4 is 67.2 Å². The first-order valence-electron chi connectivity index (χ1n) is 30.6. The molecular weight excluding hydrogens is 1150 g/mol. The molecule has 0 amide bonds. The van der Waals surface area contributed by atoms with Crippen molar-refractivity contribution in [2.24, 2.45) is 0 Å². The lowest BCUT2D eigenvalue weighted by molar-refractivity contribution is -0.137. The summed E-state index contributed by atoms with van der Waals surface area (Å²) < 4.78 is 95.3. The molecule has 0 spiro atoms. The van der Waals surface area contributed by atoms with Crippen LogP contribution in [0.4, 0.5) is 60.5 Å². The predicted molar refractivity (Wildman–Crippen MR) is 366 cm³/mol. The van der Waals surface area contributed by atoms with Gasteiger partial charge in [-0.1, -0.05) is 273 Å². The second kappa shape index (κ2) is 25.0. The number of halogens is 6. The minimum Gasteiger partial charge on any atom is -0.309 e. The normalized spacial score (nSPS) is 14.3. The van der Waals surface area contributed by atoms with Gasteiger partial charge < -0.3 is 9.80 Å². The number of para-hydroxylation sites is 4. The molecule has 92 heavy (non-hydrogen) atoms. The Bertz CT molecular complexity index is 4870. The molecular formula is C84H58F6N2. The number of hydrogen-bond acceptors (Lipinski definition) is 2. The van der Waals surface area contributed by atoms with E-state index >= 15 is 26.3 Å². The molecule has 0 saturated heterocycles. The molecule has 0 saturated carbocycles. The van der Waals surface area contributed by atoms with Crippen LogP contribution in [0.3, 0.4) is 0 Å². The Kier molecular flexibility index (Phi) is 15.9. The van der Waals surface area contributed by atoms with Crippen molar-refractivity contribution in [3.8, 4) is 33.4 Å². The van der Waals surface area contributed by atoms with E-state index in [-0.39, 0.29) is 24.2 Å². The molecule has 8 heteroatoms. The average molecular weight is 1210 g/mol. The first kappa shape index (κ1) is 58.5. The van der Waals surface area contributed by atoms with E-state index in [1.54, 1.807) is 28.0 Å². The SMILES string of the molecule is FC(F)(F)c1ccccc1N(c1ccc2c(c1)C/C(c1ccccc1)=C(c1ccccc1)\C(c1ccccc1)=C(\c1ccccc1)Cc1cc(N(c3ccccc3-c3ccccc3)c3ccccc3C(F)(F)F)c3ccccc3c1-2)c1ccccc1-c1ccccc1. The summed E-state index contributed by atoms with van der Waals surface area (Å²) in [6.45, 7) is 0. The van der Waals surface area contributed by atoms with Crippen molar-refractivity contribution in [3.63, 3.8) is 0 Å². The van der Waals surface area contributed by atoms with E-state index < -0.39 is 23.5 Å². The molecule has 0 bridgehead atoms. The zero-order chi connectivity index (χ0) is 62.8. The van der Waals surface area contributed by atoms with Gasteiger partial charge in [0.15, 0.2) is 0 Å². The number of rotatable bonds is 12. The molecule has 446 valence electrons. The maximum Gasteiger partial charge on any atom is 0.418 e. The van der Waals surface area contributed by atoms with E-state index in [9.17, 15) is 0 Å². The van der Waals surface area contributed by atoms with Gasteiger partial charge in [-0.15, -0.1) is 0 Å². The van der Waals surface area contributed by atoms with E-state index in [2.05, 4.69) is 60.7 Å². The number of alkyl halides is 6. The minimum absolute atomic E-state index is 0.0562. The Morgan fingerprint density at radius 3 is 1.05 bits per heavy atom. The Balaban J connectivity index is 1.17. The monoisotopic (exact) mass is 1210 g/mol. The van der Waals surface area contributed by atoms with E-state index in [1.165, 1.54) is 18.2 Å². The Morgan fingerprint density at radius 1 is 0.250 bits per heavy atom. The highest BCUT2D eigenvalue weighted by Gasteiger charge is 2.39. The summed E-state index contributed by atoms with van der Waals surface area (Å²) in [5, 5.41) is 1.44. The number of anilines is 6. The molecule has 0 atom stereocenters. The molecule has 0 aromatic heterocycles. The van der Waals surface area contributed by atoms with Crippen molar-refractivity contribution < 1.29 is 26.3 Å². The first-order valence-corrected chi connectivity index (χ1v) is 30.6. The van der Waals surface area contributed by atoms with Gasteiger partial charge in [-0.25, -0.2) is 0 Å². The highest BCUT2D eigenvalue weighted by Crippen LogP contribution is 2.54. The van der Waals surface area contributed by atoms with Crippen LogP contribution in [0.2, 0.25) is 0 Å². The van der Waals surface area contributed by atoms with Crippen molar-refractivity contribution in [3.05, 3.63) is 372 Å². The van der Waals surface area contributed by atoms with Crippen LogP contribution in [0.15, 0.2) is 328 Å². The second-order valence-electron chi connectivity index (χ2n) is 22.8. The summed E-state index contributed by atoms with van der Waals surface area (Å²) in [7, 11) is 0. The number of benzene rings is 13. The Hall–Kier alpha value is -11.2. The molecule has 0 fully saturated rings. The van der Waals surface area contributed by atoms with E-state index in [4.69, 9.17) is 0 Å². The lowest BCUT2D eigenvalue weighted by atomic mass is 9.76. The van der Waals surface area contributed by atoms with Crippen LogP contribution in [0, 0.1) is 0 Å². The van der Waals surface area contributed by atoms with Crippen molar-refractivity contribution in [1.29, 1.82) is 0 Å². The van der Waals surface area contributed by atoms with E-state index in [0.717, 1.165) is 107 Å². The van der Waals surface area contributed by atoms with Crippen LogP contribution in [0.25, 0.3) is 66.4 Å². The van der Waals surface area contributed by atoms with Gasteiger partial charge in [-0.3, -0.25) is 0 Å². The number of fused-ring (bicyclic) bond motifs is 5. The third kappa shape index (κ3) is 11.4. The molecule has 0 aliphatic heterocycles. The van der Waals surface area contributed by atoms with Gasteiger partial charge in [0.25, 0.3) is 0 Å². The molecule has 0 heterocycles. The Morgan fingerprint density at radius 2 is 0.598 bits per heavy atom. The molecule has 13 aromatic rings. The van der Waals surface area contributed by atoms with E-state index in [0.29, 0.717) is 28.1 Å². The fourth-order valence-electron chi connectivity index (χ4n) is 13.3. The van der Waals surface area contributed by atoms with Crippen molar-refractivity contribution in [2.75, 3.05) is 9.80 Å². The van der Waals surface area contributed by atoms with Crippen LogP contribution >= 0.6 is 0 Å². The van der Waals surface area contributed by atoms with Gasteiger partial charge in [0.05, 0.1) is 39.6 Å². The first-order chi connectivity index (χ1) is 45.0. The summed E-state index contributed by atoms with van der Waals surface area (Å²) in [6, 6.07) is 103. The number of hydrogen-bond donors (Lipinski definition) is 0. The maximum absolute atomic E-state index is 16.0. The summed E-state index contributed by atoms with van der Waals surface area (Å²) in [6.07, 6.45) is -8.99. The molecule has 1 aliphatic carbocycles. The molecule has 14 rings (SSSR count). The van der Waals surface area contributed by atoms with Crippen LogP contribution in [-0.4, -0.2) is 0 Å². The van der Waals surface area contributed by atoms with Crippen LogP contribution in [0.5, 0.6) is 0 Å². The molecule has 13 aromatic carbocycles. The quantitative estimate of drug-likeness (QED) is 0.113. The highest BCUT2D eigenvalue weighted by atomic mass is 19.4. The maximum atomic E-state index is 16.0. The van der Waals surface area contributed by atoms with Gasteiger partial charge in [0, 0.05) is 22.2 Å². The highest BCUT2D eigenvalue weighted by molar-refractivity contribution is 6.23. The van der Waals surface area contributed by atoms with Gasteiger partial charge in [0.2, 0.25) is 0 Å². The summed E-state index contributed by atoms with van der Waals surface area (Å²) >= 11 is 0. The van der Waals surface area contributed by atoms with Crippen LogP contribution < -0.4 is 9.80 Å². The van der Waals surface area contributed by atoms with Crippen molar-refractivity contribution in [1.82, 2.24) is 0 Å². The average Bonchev–Trinajstić information content (AvgIpc) is 0.736.